The molecule has 9 heteroatoms. The number of pyridine rings is 1. The van der Waals surface area contributed by atoms with Crippen LogP contribution in [0.2, 0.25) is 0 Å². The third-order valence-electron chi connectivity index (χ3n) is 5.89. The van der Waals surface area contributed by atoms with Crippen LogP contribution in [0.1, 0.15) is 45.5 Å². The first kappa shape index (κ1) is 24.5. The summed E-state index contributed by atoms with van der Waals surface area (Å²) in [6.45, 7) is 2.69. The van der Waals surface area contributed by atoms with Crippen LogP contribution in [0.25, 0.3) is 0 Å². The van der Waals surface area contributed by atoms with Crippen LogP contribution in [0.15, 0.2) is 41.3 Å². The van der Waals surface area contributed by atoms with Gasteiger partial charge in [-0.2, -0.15) is 0 Å². The summed E-state index contributed by atoms with van der Waals surface area (Å²) in [5, 5.41) is 12.3. The second-order valence-corrected chi connectivity index (χ2v) is 8.37. The van der Waals surface area contributed by atoms with E-state index in [-0.39, 0.29) is 30.9 Å². The van der Waals surface area contributed by atoms with Crippen LogP contribution < -0.4 is 21.3 Å². The average Bonchev–Trinajstić information content (AvgIpc) is 2.82. The van der Waals surface area contributed by atoms with Crippen molar-refractivity contribution in [1.29, 1.82) is 0 Å². The van der Waals surface area contributed by atoms with E-state index < -0.39 is 17.4 Å². The number of benzene rings is 1. The number of aliphatic hydroxyl groups is 1. The molecule has 9 nitrogen and oxygen atoms in total. The Kier molecular flexibility index (Phi) is 8.62. The lowest BCUT2D eigenvalue weighted by molar-refractivity contribution is 0.0782. The van der Waals surface area contributed by atoms with Gasteiger partial charge in [0.15, 0.2) is 0 Å². The van der Waals surface area contributed by atoms with Crippen molar-refractivity contribution in [1.82, 2.24) is 14.8 Å². The van der Waals surface area contributed by atoms with Gasteiger partial charge < -0.3 is 30.4 Å². The van der Waals surface area contributed by atoms with E-state index in [4.69, 9.17) is 15.6 Å². The number of piperidine rings is 1. The Morgan fingerprint density at radius 2 is 2.03 bits per heavy atom. The smallest absolute Gasteiger partial charge is 0.263 e. The van der Waals surface area contributed by atoms with Crippen molar-refractivity contribution in [3.63, 3.8) is 0 Å². The zero-order valence-corrected chi connectivity index (χ0v) is 19.0. The fourth-order valence-corrected chi connectivity index (χ4v) is 3.99. The van der Waals surface area contributed by atoms with Crippen LogP contribution in [-0.4, -0.2) is 66.3 Å². The summed E-state index contributed by atoms with van der Waals surface area (Å²) in [6.07, 6.45) is 4.39. The Labute approximate surface area is 193 Å². The fourth-order valence-electron chi connectivity index (χ4n) is 3.99. The molecule has 1 aromatic heterocycles. The Balaban J connectivity index is 1.81. The number of ether oxygens (including phenoxy) is 1. The van der Waals surface area contributed by atoms with Gasteiger partial charge in [0.05, 0.1) is 18.7 Å². The predicted octanol–water partition coefficient (Wildman–Crippen LogP) is 0.828. The minimum absolute atomic E-state index is 0.0770. The van der Waals surface area contributed by atoms with E-state index in [0.29, 0.717) is 18.2 Å². The summed E-state index contributed by atoms with van der Waals surface area (Å²) in [5.74, 6) is -0.0361. The van der Waals surface area contributed by atoms with Gasteiger partial charge in [-0.1, -0.05) is 12.1 Å². The minimum atomic E-state index is -0.713. The van der Waals surface area contributed by atoms with Crippen LogP contribution in [0, 0.1) is 5.92 Å². The third kappa shape index (κ3) is 6.66. The SMILES string of the molecule is CN(CCC1CCNCC1)C(=O)c1cc(C(N)=O)cn(Cc2cccc(OCCO)c2)c1=O. The molecule has 2 amide bonds. The highest BCUT2D eigenvalue weighted by atomic mass is 16.5. The van der Waals surface area contributed by atoms with E-state index in [0.717, 1.165) is 37.9 Å². The van der Waals surface area contributed by atoms with Crippen molar-refractivity contribution in [2.24, 2.45) is 11.7 Å². The molecule has 0 unspecified atom stereocenters. The quantitative estimate of drug-likeness (QED) is 0.486. The molecule has 0 aliphatic carbocycles. The van der Waals surface area contributed by atoms with E-state index >= 15 is 0 Å². The number of aliphatic hydroxyl groups excluding tert-OH is 1. The minimum Gasteiger partial charge on any atom is -0.491 e. The van der Waals surface area contributed by atoms with E-state index in [1.54, 1.807) is 25.2 Å². The van der Waals surface area contributed by atoms with Crippen LogP contribution in [0.3, 0.4) is 0 Å². The number of carbonyl (C=O) groups excluding carboxylic acids is 2. The molecule has 2 aromatic rings. The lowest BCUT2D eigenvalue weighted by Gasteiger charge is -2.25. The van der Waals surface area contributed by atoms with Gasteiger partial charge in [-0.25, -0.2) is 0 Å². The number of carbonyl (C=O) groups is 2. The molecule has 0 radical (unpaired) electrons. The predicted molar refractivity (Wildman–Crippen MR) is 125 cm³/mol. The molecule has 1 saturated heterocycles. The Morgan fingerprint density at radius 1 is 1.27 bits per heavy atom. The van der Waals surface area contributed by atoms with Gasteiger partial charge in [0.2, 0.25) is 5.91 Å². The highest BCUT2D eigenvalue weighted by Gasteiger charge is 2.21. The van der Waals surface area contributed by atoms with Gasteiger partial charge >= 0.3 is 0 Å². The number of amides is 2. The molecule has 1 aromatic carbocycles. The number of hydrogen-bond donors (Lipinski definition) is 3. The maximum absolute atomic E-state index is 13.1. The van der Waals surface area contributed by atoms with Crippen LogP contribution in [0.4, 0.5) is 0 Å². The van der Waals surface area contributed by atoms with E-state index in [2.05, 4.69) is 5.32 Å². The number of primary amides is 1. The number of nitrogens with two attached hydrogens (primary N) is 1. The molecule has 1 aliphatic rings. The number of hydrogen-bond acceptors (Lipinski definition) is 6. The summed E-state index contributed by atoms with van der Waals surface area (Å²) in [6, 6.07) is 8.35. The Bertz CT molecular complexity index is 1030. The molecule has 178 valence electrons. The highest BCUT2D eigenvalue weighted by Crippen LogP contribution is 2.17. The van der Waals surface area contributed by atoms with Crippen molar-refractivity contribution < 1.29 is 19.4 Å². The van der Waals surface area contributed by atoms with Gasteiger partial charge in [-0.05, 0) is 62.0 Å². The van der Waals surface area contributed by atoms with Gasteiger partial charge in [0, 0.05) is 19.8 Å². The Hall–Kier alpha value is -3.17. The van der Waals surface area contributed by atoms with Gasteiger partial charge in [-0.3, -0.25) is 14.4 Å². The highest BCUT2D eigenvalue weighted by molar-refractivity contribution is 5.98. The fraction of sp³-hybridized carbons (Fsp3) is 0.458. The van der Waals surface area contributed by atoms with Crippen LogP contribution >= 0.6 is 0 Å². The normalized spacial score (nSPS) is 14.1. The molecule has 0 saturated carbocycles. The first-order chi connectivity index (χ1) is 15.9. The molecular weight excluding hydrogens is 424 g/mol. The van der Waals surface area contributed by atoms with E-state index in [1.165, 1.54) is 21.7 Å². The van der Waals surface area contributed by atoms with Crippen molar-refractivity contribution in [2.75, 3.05) is 39.9 Å². The summed E-state index contributed by atoms with van der Waals surface area (Å²) in [7, 11) is 1.67. The number of rotatable bonds is 10. The maximum atomic E-state index is 13.1. The molecule has 33 heavy (non-hydrogen) atoms. The number of aromatic nitrogens is 1. The molecule has 3 rings (SSSR count). The molecular formula is C24H32N4O5. The zero-order chi connectivity index (χ0) is 23.8. The van der Waals surface area contributed by atoms with Crippen molar-refractivity contribution in [2.45, 2.75) is 25.8 Å². The second-order valence-electron chi connectivity index (χ2n) is 8.37. The zero-order valence-electron chi connectivity index (χ0n) is 19.0. The lowest BCUT2D eigenvalue weighted by Crippen LogP contribution is -2.37. The molecule has 1 aliphatic heterocycles. The topological polar surface area (TPSA) is 127 Å². The molecule has 0 bridgehead atoms. The van der Waals surface area contributed by atoms with Crippen molar-refractivity contribution >= 4 is 11.8 Å². The Morgan fingerprint density at radius 3 is 2.73 bits per heavy atom. The van der Waals surface area contributed by atoms with Crippen LogP contribution in [-0.2, 0) is 6.54 Å². The van der Waals surface area contributed by atoms with E-state index in [9.17, 15) is 14.4 Å². The van der Waals surface area contributed by atoms with Gasteiger partial charge in [0.1, 0.15) is 17.9 Å². The number of nitrogens with zero attached hydrogens (tertiary/aromatic N) is 2. The standard InChI is InChI=1S/C24H32N4O5/c1-27(10-7-17-5-8-26-9-6-17)23(31)21-14-19(22(25)30)16-28(24(21)32)15-18-3-2-4-20(13-18)33-12-11-29/h2-4,13-14,16-17,26,29H,5-12,15H2,1H3,(H2,25,30). The molecule has 0 atom stereocenters. The average molecular weight is 457 g/mol. The molecule has 1 fully saturated rings. The summed E-state index contributed by atoms with van der Waals surface area (Å²) < 4.78 is 6.74. The third-order valence-corrected chi connectivity index (χ3v) is 5.89. The lowest BCUT2D eigenvalue weighted by atomic mass is 9.94. The van der Waals surface area contributed by atoms with Gasteiger partial charge in [0.25, 0.3) is 11.5 Å². The summed E-state index contributed by atoms with van der Waals surface area (Å²) >= 11 is 0. The second kappa shape index (κ2) is 11.6. The van der Waals surface area contributed by atoms with Crippen molar-refractivity contribution in [3.8, 4) is 5.75 Å². The number of nitrogens with one attached hydrogen (secondary N) is 1. The van der Waals surface area contributed by atoms with Gasteiger partial charge in [-0.15, -0.1) is 0 Å². The molecule has 0 spiro atoms. The van der Waals surface area contributed by atoms with E-state index in [1.807, 2.05) is 6.07 Å². The van der Waals surface area contributed by atoms with Crippen LogP contribution in [0.5, 0.6) is 5.75 Å². The first-order valence-corrected chi connectivity index (χ1v) is 11.2. The molecule has 4 N–H and O–H groups in total. The monoisotopic (exact) mass is 456 g/mol. The maximum Gasteiger partial charge on any atom is 0.263 e. The summed E-state index contributed by atoms with van der Waals surface area (Å²) in [4.78, 5) is 39.7. The molecule has 2 heterocycles. The van der Waals surface area contributed by atoms with Crippen molar-refractivity contribution in [3.05, 3.63) is 63.6 Å². The summed E-state index contributed by atoms with van der Waals surface area (Å²) in [5.41, 5.74) is 5.75. The first-order valence-electron chi connectivity index (χ1n) is 11.2. The largest absolute Gasteiger partial charge is 0.491 e.